The molecule has 0 aliphatic carbocycles. The molecule has 1 aromatic rings. The van der Waals surface area contributed by atoms with E-state index in [0.717, 1.165) is 38.1 Å². The molecule has 5 nitrogen and oxygen atoms in total. The van der Waals surface area contributed by atoms with Crippen LogP contribution in [-0.4, -0.2) is 41.7 Å². The van der Waals surface area contributed by atoms with Crippen LogP contribution in [0.1, 0.15) is 25.0 Å². The summed E-state index contributed by atoms with van der Waals surface area (Å²) in [6.45, 7) is 2.35. The molecule has 5 heteroatoms. The number of carbonyl (C=O) groups excluding carboxylic acids is 1. The van der Waals surface area contributed by atoms with Gasteiger partial charge >= 0.3 is 0 Å². The van der Waals surface area contributed by atoms with E-state index in [2.05, 4.69) is 10.2 Å². The fourth-order valence-corrected chi connectivity index (χ4v) is 2.37. The smallest absolute Gasteiger partial charge is 0.237 e. The Balaban J connectivity index is 1.80. The lowest BCUT2D eigenvalue weighted by molar-refractivity contribution is -0.125. The molecule has 0 bridgehead atoms. The van der Waals surface area contributed by atoms with Crippen LogP contribution in [0.3, 0.4) is 0 Å². The first-order valence-electron chi connectivity index (χ1n) is 6.46. The van der Waals surface area contributed by atoms with E-state index in [4.69, 9.17) is 9.52 Å². The van der Waals surface area contributed by atoms with Crippen molar-refractivity contribution < 1.29 is 14.3 Å². The second-order valence-corrected chi connectivity index (χ2v) is 4.57. The van der Waals surface area contributed by atoms with Crippen molar-refractivity contribution in [3.8, 4) is 0 Å². The van der Waals surface area contributed by atoms with Gasteiger partial charge in [0.1, 0.15) is 5.76 Å². The molecule has 0 spiro atoms. The summed E-state index contributed by atoms with van der Waals surface area (Å²) >= 11 is 0. The maximum absolute atomic E-state index is 12.1. The summed E-state index contributed by atoms with van der Waals surface area (Å²) in [4.78, 5) is 14.2. The number of aliphatic hydroxyl groups excluding tert-OH is 1. The summed E-state index contributed by atoms with van der Waals surface area (Å²) < 4.78 is 5.18. The van der Waals surface area contributed by atoms with Crippen LogP contribution < -0.4 is 5.32 Å². The first kappa shape index (κ1) is 13.1. The molecule has 0 aromatic carbocycles. The monoisotopic (exact) mass is 252 g/mol. The summed E-state index contributed by atoms with van der Waals surface area (Å²) in [5.74, 6) is 0.824. The Kier molecular flexibility index (Phi) is 4.78. The molecular formula is C13H20N2O3. The van der Waals surface area contributed by atoms with Crippen LogP contribution in [0.2, 0.25) is 0 Å². The fourth-order valence-electron chi connectivity index (χ4n) is 2.37. The molecule has 1 aliphatic rings. The number of rotatable bonds is 6. The highest BCUT2D eigenvalue weighted by Gasteiger charge is 2.29. The van der Waals surface area contributed by atoms with Gasteiger partial charge in [-0.2, -0.15) is 0 Å². The minimum absolute atomic E-state index is 0.0495. The molecule has 1 unspecified atom stereocenters. The van der Waals surface area contributed by atoms with Gasteiger partial charge in [-0.15, -0.1) is 0 Å². The van der Waals surface area contributed by atoms with E-state index in [1.165, 1.54) is 0 Å². The number of amides is 1. The van der Waals surface area contributed by atoms with Crippen LogP contribution in [0.25, 0.3) is 0 Å². The topological polar surface area (TPSA) is 65.7 Å². The fraction of sp³-hybridized carbons (Fsp3) is 0.615. The van der Waals surface area contributed by atoms with Gasteiger partial charge in [0.05, 0.1) is 18.8 Å². The zero-order chi connectivity index (χ0) is 12.8. The quantitative estimate of drug-likeness (QED) is 0.784. The van der Waals surface area contributed by atoms with Crippen molar-refractivity contribution >= 4 is 5.91 Å². The summed E-state index contributed by atoms with van der Waals surface area (Å²) in [5.41, 5.74) is 0. The molecule has 100 valence electrons. The normalized spacial score (nSPS) is 20.2. The molecule has 0 radical (unpaired) electrons. The van der Waals surface area contributed by atoms with Crippen molar-refractivity contribution in [2.75, 3.05) is 19.7 Å². The molecule has 0 saturated carbocycles. The van der Waals surface area contributed by atoms with Crippen molar-refractivity contribution in [1.29, 1.82) is 0 Å². The predicted molar refractivity (Wildman–Crippen MR) is 66.9 cm³/mol. The van der Waals surface area contributed by atoms with Gasteiger partial charge in [-0.3, -0.25) is 9.69 Å². The second-order valence-electron chi connectivity index (χ2n) is 4.57. The van der Waals surface area contributed by atoms with Gasteiger partial charge in [-0.25, -0.2) is 0 Å². The van der Waals surface area contributed by atoms with Gasteiger partial charge < -0.3 is 14.8 Å². The Labute approximate surface area is 107 Å². The van der Waals surface area contributed by atoms with E-state index >= 15 is 0 Å². The highest BCUT2D eigenvalue weighted by molar-refractivity contribution is 5.81. The lowest BCUT2D eigenvalue weighted by Gasteiger charge is -2.23. The largest absolute Gasteiger partial charge is 0.467 e. The third-order valence-electron chi connectivity index (χ3n) is 3.29. The highest BCUT2D eigenvalue weighted by Crippen LogP contribution is 2.17. The van der Waals surface area contributed by atoms with Crippen LogP contribution in [0.4, 0.5) is 0 Å². The Morgan fingerprint density at radius 2 is 2.50 bits per heavy atom. The van der Waals surface area contributed by atoms with E-state index in [0.29, 0.717) is 6.54 Å². The van der Waals surface area contributed by atoms with Crippen molar-refractivity contribution in [2.24, 2.45) is 0 Å². The maximum Gasteiger partial charge on any atom is 0.237 e. The third kappa shape index (κ3) is 3.34. The van der Waals surface area contributed by atoms with Gasteiger partial charge in [0.15, 0.2) is 0 Å². The first-order valence-corrected chi connectivity index (χ1v) is 6.46. The number of aliphatic hydroxyl groups is 1. The Hall–Kier alpha value is -1.33. The Morgan fingerprint density at radius 3 is 3.22 bits per heavy atom. The van der Waals surface area contributed by atoms with Gasteiger partial charge in [-0.1, -0.05) is 0 Å². The first-order chi connectivity index (χ1) is 8.81. The van der Waals surface area contributed by atoms with E-state index < -0.39 is 0 Å². The molecule has 1 aliphatic heterocycles. The SMILES string of the molecule is O=C(NCc1ccco1)C1CCCN1CCCO. The number of nitrogens with zero attached hydrogens (tertiary/aromatic N) is 1. The average molecular weight is 252 g/mol. The van der Waals surface area contributed by atoms with Gasteiger partial charge in [0.25, 0.3) is 0 Å². The summed E-state index contributed by atoms with van der Waals surface area (Å²) in [6.07, 6.45) is 4.27. The van der Waals surface area contributed by atoms with Crippen molar-refractivity contribution in [2.45, 2.75) is 31.8 Å². The molecule has 18 heavy (non-hydrogen) atoms. The molecule has 1 atom stereocenters. The summed E-state index contributed by atoms with van der Waals surface area (Å²) in [7, 11) is 0. The van der Waals surface area contributed by atoms with Gasteiger partial charge in [0, 0.05) is 13.2 Å². The number of hydrogen-bond acceptors (Lipinski definition) is 4. The minimum atomic E-state index is -0.0495. The molecular weight excluding hydrogens is 232 g/mol. The minimum Gasteiger partial charge on any atom is -0.467 e. The third-order valence-corrected chi connectivity index (χ3v) is 3.29. The van der Waals surface area contributed by atoms with Crippen LogP contribution >= 0.6 is 0 Å². The lowest BCUT2D eigenvalue weighted by Crippen LogP contribution is -2.43. The van der Waals surface area contributed by atoms with Crippen molar-refractivity contribution in [3.63, 3.8) is 0 Å². The zero-order valence-corrected chi connectivity index (χ0v) is 10.5. The summed E-state index contributed by atoms with van der Waals surface area (Å²) in [5, 5.41) is 11.7. The number of hydrogen-bond donors (Lipinski definition) is 2. The summed E-state index contributed by atoms with van der Waals surface area (Å²) in [6, 6.07) is 3.61. The van der Waals surface area contributed by atoms with Gasteiger partial charge in [-0.05, 0) is 37.9 Å². The molecule has 1 saturated heterocycles. The second kappa shape index (κ2) is 6.56. The molecule has 2 N–H and O–H groups in total. The number of likely N-dealkylation sites (tertiary alicyclic amines) is 1. The lowest BCUT2D eigenvalue weighted by atomic mass is 10.2. The van der Waals surface area contributed by atoms with Crippen molar-refractivity contribution in [1.82, 2.24) is 10.2 Å². The molecule has 2 heterocycles. The zero-order valence-electron chi connectivity index (χ0n) is 10.5. The number of furan rings is 1. The van der Waals surface area contributed by atoms with E-state index in [-0.39, 0.29) is 18.6 Å². The van der Waals surface area contributed by atoms with Gasteiger partial charge in [0.2, 0.25) is 5.91 Å². The maximum atomic E-state index is 12.1. The molecule has 2 rings (SSSR count). The predicted octanol–water partition coefficient (Wildman–Crippen LogP) is 0.743. The van der Waals surface area contributed by atoms with Crippen molar-refractivity contribution in [3.05, 3.63) is 24.2 Å². The Bertz CT molecular complexity index is 364. The number of carbonyl (C=O) groups is 1. The number of nitrogens with one attached hydrogen (secondary N) is 1. The van der Waals surface area contributed by atoms with Crippen LogP contribution in [0.5, 0.6) is 0 Å². The van der Waals surface area contributed by atoms with E-state index in [1.54, 1.807) is 6.26 Å². The van der Waals surface area contributed by atoms with Crippen LogP contribution in [-0.2, 0) is 11.3 Å². The standard InChI is InChI=1S/C13H20N2O3/c16-8-3-7-15-6-1-5-12(15)13(17)14-10-11-4-2-9-18-11/h2,4,9,12,16H,1,3,5-8,10H2,(H,14,17). The van der Waals surface area contributed by atoms with Crippen LogP contribution in [0, 0.1) is 0 Å². The van der Waals surface area contributed by atoms with E-state index in [9.17, 15) is 4.79 Å². The average Bonchev–Trinajstić information content (AvgIpc) is 3.04. The van der Waals surface area contributed by atoms with Crippen LogP contribution in [0.15, 0.2) is 22.8 Å². The molecule has 1 aromatic heterocycles. The van der Waals surface area contributed by atoms with E-state index in [1.807, 2.05) is 12.1 Å². The highest BCUT2D eigenvalue weighted by atomic mass is 16.3. The Morgan fingerprint density at radius 1 is 1.61 bits per heavy atom. The molecule has 1 amide bonds. The molecule has 1 fully saturated rings.